The highest BCUT2D eigenvalue weighted by atomic mass is 16.7. The van der Waals surface area contributed by atoms with Crippen LogP contribution >= 0.6 is 0 Å². The van der Waals surface area contributed by atoms with Gasteiger partial charge in [0.1, 0.15) is 0 Å². The third-order valence-electron chi connectivity index (χ3n) is 1.51. The van der Waals surface area contributed by atoms with Crippen LogP contribution in [-0.2, 0) is 14.6 Å². The molecular formula is C9H19O3. The lowest BCUT2D eigenvalue weighted by Gasteiger charge is -2.18. The van der Waals surface area contributed by atoms with E-state index in [1.54, 1.807) is 0 Å². The molecule has 0 rings (SSSR count). The molecule has 12 heavy (non-hydrogen) atoms. The van der Waals surface area contributed by atoms with Gasteiger partial charge in [0.05, 0.1) is 0 Å². The maximum atomic E-state index is 11.1. The summed E-state index contributed by atoms with van der Waals surface area (Å²) in [6, 6.07) is 0. The largest absolute Gasteiger partial charge is 0.353 e. The lowest BCUT2D eigenvalue weighted by atomic mass is 10.3. The van der Waals surface area contributed by atoms with Crippen molar-refractivity contribution >= 4 is 0 Å². The smallest absolute Gasteiger partial charge is 0.194 e. The van der Waals surface area contributed by atoms with Gasteiger partial charge < -0.3 is 9.47 Å². The van der Waals surface area contributed by atoms with Crippen LogP contribution < -0.4 is 0 Å². The summed E-state index contributed by atoms with van der Waals surface area (Å²) in [6.07, 6.45) is 0.909. The normalized spacial score (nSPS) is 16.0. The fourth-order valence-corrected chi connectivity index (χ4v) is 0.912. The molecule has 0 heterocycles. The number of ether oxygens (including phenoxy) is 2. The van der Waals surface area contributed by atoms with Crippen LogP contribution in [0.2, 0.25) is 0 Å². The van der Waals surface area contributed by atoms with Crippen molar-refractivity contribution in [1.82, 2.24) is 0 Å². The second kappa shape index (κ2) is 7.53. The van der Waals surface area contributed by atoms with Gasteiger partial charge in [-0.05, 0) is 13.3 Å². The van der Waals surface area contributed by atoms with E-state index in [0.717, 1.165) is 12.8 Å². The summed E-state index contributed by atoms with van der Waals surface area (Å²) in [4.78, 5) is 0. The van der Waals surface area contributed by atoms with Crippen LogP contribution in [0.5, 0.6) is 0 Å². The first kappa shape index (κ1) is 11.9. The Kier molecular flexibility index (Phi) is 7.45. The zero-order chi connectivity index (χ0) is 9.40. The molecule has 0 N–H and O–H groups in total. The predicted molar refractivity (Wildman–Crippen MR) is 46.2 cm³/mol. The fourth-order valence-electron chi connectivity index (χ4n) is 0.912. The van der Waals surface area contributed by atoms with E-state index in [0.29, 0.717) is 13.0 Å². The highest BCUT2D eigenvalue weighted by Gasteiger charge is 2.12. The van der Waals surface area contributed by atoms with Crippen molar-refractivity contribution in [2.45, 2.75) is 52.6 Å². The summed E-state index contributed by atoms with van der Waals surface area (Å²) in [7, 11) is 0. The van der Waals surface area contributed by atoms with Gasteiger partial charge in [-0.15, -0.1) is 0 Å². The molecule has 0 aromatic heterocycles. The van der Waals surface area contributed by atoms with Crippen molar-refractivity contribution in [3.8, 4) is 0 Å². The number of rotatable bonds is 7. The van der Waals surface area contributed by atoms with Crippen LogP contribution in [0.25, 0.3) is 0 Å². The molecule has 0 aliphatic heterocycles. The molecule has 0 aromatic carbocycles. The molecule has 2 atom stereocenters. The summed E-state index contributed by atoms with van der Waals surface area (Å²) < 4.78 is 10.3. The third-order valence-corrected chi connectivity index (χ3v) is 1.51. The van der Waals surface area contributed by atoms with E-state index in [4.69, 9.17) is 9.47 Å². The molecule has 2 unspecified atom stereocenters. The van der Waals surface area contributed by atoms with Gasteiger partial charge in [0.25, 0.3) is 0 Å². The lowest BCUT2D eigenvalue weighted by Crippen LogP contribution is -2.23. The molecule has 73 valence electrons. The van der Waals surface area contributed by atoms with Gasteiger partial charge >= 0.3 is 0 Å². The minimum absolute atomic E-state index is 0.316. The summed E-state index contributed by atoms with van der Waals surface area (Å²) >= 11 is 0. The first-order valence-electron chi connectivity index (χ1n) is 4.67. The van der Waals surface area contributed by atoms with Crippen LogP contribution in [0.3, 0.4) is 0 Å². The van der Waals surface area contributed by atoms with Crippen molar-refractivity contribution in [3.05, 3.63) is 0 Å². The van der Waals surface area contributed by atoms with E-state index >= 15 is 0 Å². The van der Waals surface area contributed by atoms with E-state index in [1.807, 2.05) is 20.8 Å². The summed E-state index contributed by atoms with van der Waals surface area (Å²) in [6.45, 7) is 6.40. The summed E-state index contributed by atoms with van der Waals surface area (Å²) in [5.74, 6) is 0. The van der Waals surface area contributed by atoms with Crippen molar-refractivity contribution in [2.75, 3.05) is 6.61 Å². The summed E-state index contributed by atoms with van der Waals surface area (Å²) in [5, 5.41) is 11.1. The fraction of sp³-hybridized carbons (Fsp3) is 1.00. The maximum absolute atomic E-state index is 11.1. The first-order chi connectivity index (χ1) is 5.74. The third kappa shape index (κ3) is 5.52. The molecule has 0 aromatic rings. The van der Waals surface area contributed by atoms with Crippen LogP contribution in [0, 0.1) is 0 Å². The molecule has 0 spiro atoms. The van der Waals surface area contributed by atoms with Gasteiger partial charge in [-0.2, -0.15) is 0 Å². The molecular weight excluding hydrogens is 156 g/mol. The average Bonchev–Trinajstić information content (AvgIpc) is 2.04. The Morgan fingerprint density at radius 3 is 2.33 bits per heavy atom. The van der Waals surface area contributed by atoms with Crippen molar-refractivity contribution in [2.24, 2.45) is 0 Å². The standard InChI is InChI=1S/C9H19O3/c1-4-7-8(10)12-9(5-2)11-6-3/h8-9H,4-7H2,1-3H3. The Morgan fingerprint density at radius 1 is 1.25 bits per heavy atom. The minimum Gasteiger partial charge on any atom is -0.353 e. The van der Waals surface area contributed by atoms with Crippen molar-refractivity contribution in [3.63, 3.8) is 0 Å². The summed E-state index contributed by atoms with van der Waals surface area (Å²) in [5.41, 5.74) is 0. The Morgan fingerprint density at radius 2 is 1.92 bits per heavy atom. The second-order valence-electron chi connectivity index (χ2n) is 2.65. The minimum atomic E-state index is -0.925. The second-order valence-corrected chi connectivity index (χ2v) is 2.65. The van der Waals surface area contributed by atoms with Crippen LogP contribution in [0.15, 0.2) is 0 Å². The van der Waals surface area contributed by atoms with Gasteiger partial charge in [0.2, 0.25) is 0 Å². The monoisotopic (exact) mass is 175 g/mol. The Balaban J connectivity index is 3.53. The molecule has 1 radical (unpaired) electrons. The van der Waals surface area contributed by atoms with Crippen LogP contribution in [0.1, 0.15) is 40.0 Å². The maximum Gasteiger partial charge on any atom is 0.194 e. The van der Waals surface area contributed by atoms with Gasteiger partial charge in [0.15, 0.2) is 12.6 Å². The number of hydrogen-bond donors (Lipinski definition) is 0. The average molecular weight is 175 g/mol. The van der Waals surface area contributed by atoms with Crippen molar-refractivity contribution in [1.29, 1.82) is 0 Å². The van der Waals surface area contributed by atoms with E-state index in [-0.39, 0.29) is 6.29 Å². The number of hydrogen-bond acceptors (Lipinski definition) is 2. The van der Waals surface area contributed by atoms with Gasteiger partial charge in [-0.3, -0.25) is 0 Å². The molecule has 0 amide bonds. The quantitative estimate of drug-likeness (QED) is 0.557. The Labute approximate surface area is 74.7 Å². The lowest BCUT2D eigenvalue weighted by molar-refractivity contribution is -0.248. The van der Waals surface area contributed by atoms with Gasteiger partial charge in [0, 0.05) is 13.0 Å². The molecule has 0 saturated carbocycles. The van der Waals surface area contributed by atoms with E-state index in [9.17, 15) is 5.11 Å². The van der Waals surface area contributed by atoms with E-state index in [1.165, 1.54) is 0 Å². The SMILES string of the molecule is CCCC([O])OC(CC)OCC. The molecule has 3 heteroatoms. The van der Waals surface area contributed by atoms with Gasteiger partial charge in [-0.25, -0.2) is 5.11 Å². The predicted octanol–water partition coefficient (Wildman–Crippen LogP) is 2.33. The zero-order valence-corrected chi connectivity index (χ0v) is 8.21. The molecule has 0 aliphatic carbocycles. The van der Waals surface area contributed by atoms with E-state index < -0.39 is 6.29 Å². The zero-order valence-electron chi connectivity index (χ0n) is 8.21. The molecule has 0 fully saturated rings. The van der Waals surface area contributed by atoms with Crippen molar-refractivity contribution < 1.29 is 14.6 Å². The molecule has 0 bridgehead atoms. The molecule has 0 aliphatic rings. The molecule has 3 nitrogen and oxygen atoms in total. The topological polar surface area (TPSA) is 38.4 Å². The van der Waals surface area contributed by atoms with Gasteiger partial charge in [-0.1, -0.05) is 20.3 Å². The van der Waals surface area contributed by atoms with E-state index in [2.05, 4.69) is 0 Å². The first-order valence-corrected chi connectivity index (χ1v) is 4.67. The Hall–Kier alpha value is -0.120. The Bertz CT molecular complexity index is 95.8. The van der Waals surface area contributed by atoms with Crippen LogP contribution in [-0.4, -0.2) is 19.2 Å². The highest BCUT2D eigenvalue weighted by molar-refractivity contribution is 4.44. The van der Waals surface area contributed by atoms with Crippen LogP contribution in [0.4, 0.5) is 0 Å². The highest BCUT2D eigenvalue weighted by Crippen LogP contribution is 2.07. The molecule has 0 saturated heterocycles.